The van der Waals surface area contributed by atoms with E-state index >= 15 is 0 Å². The summed E-state index contributed by atoms with van der Waals surface area (Å²) < 4.78 is 0. The molecule has 1 fully saturated rings. The molecular formula is C18H20N2O3S. The number of rotatable bonds is 3. The van der Waals surface area contributed by atoms with Crippen molar-refractivity contribution in [1.29, 1.82) is 0 Å². The number of hydrogen-bond donors (Lipinski definition) is 1. The van der Waals surface area contributed by atoms with Crippen LogP contribution in [0, 0.1) is 13.8 Å². The van der Waals surface area contributed by atoms with Crippen molar-refractivity contribution in [1.82, 2.24) is 9.88 Å². The molecule has 0 saturated carbocycles. The fourth-order valence-corrected chi connectivity index (χ4v) is 4.06. The molecule has 1 aromatic carbocycles. The normalized spacial score (nSPS) is 17.8. The highest BCUT2D eigenvalue weighted by atomic mass is 32.1. The van der Waals surface area contributed by atoms with Crippen LogP contribution in [0.3, 0.4) is 0 Å². The molecule has 1 N–H and O–H groups in total. The molecule has 1 unspecified atom stereocenters. The van der Waals surface area contributed by atoms with Crippen molar-refractivity contribution in [3.05, 3.63) is 51.0 Å². The van der Waals surface area contributed by atoms with Gasteiger partial charge in [-0.1, -0.05) is 0 Å². The van der Waals surface area contributed by atoms with Gasteiger partial charge in [0.1, 0.15) is 0 Å². The van der Waals surface area contributed by atoms with E-state index in [-0.39, 0.29) is 17.4 Å². The van der Waals surface area contributed by atoms with Crippen LogP contribution < -0.4 is 0 Å². The molecule has 6 heteroatoms. The Bertz CT molecular complexity index is 784. The number of carboxylic acids is 1. The lowest BCUT2D eigenvalue weighted by Gasteiger charge is -2.32. The molecule has 1 aromatic heterocycles. The van der Waals surface area contributed by atoms with Gasteiger partial charge in [0.2, 0.25) is 0 Å². The summed E-state index contributed by atoms with van der Waals surface area (Å²) in [6.07, 6.45) is 1.97. The third-order valence-electron chi connectivity index (χ3n) is 4.27. The zero-order chi connectivity index (χ0) is 17.3. The molecule has 0 spiro atoms. The van der Waals surface area contributed by atoms with Crippen molar-refractivity contribution in [3.63, 3.8) is 0 Å². The van der Waals surface area contributed by atoms with Crippen molar-refractivity contribution >= 4 is 23.2 Å². The van der Waals surface area contributed by atoms with Crippen LogP contribution in [0.1, 0.15) is 55.7 Å². The van der Waals surface area contributed by atoms with Crippen LogP contribution in [0.15, 0.2) is 23.6 Å². The van der Waals surface area contributed by atoms with Crippen molar-refractivity contribution in [2.45, 2.75) is 32.6 Å². The zero-order valence-corrected chi connectivity index (χ0v) is 14.6. The minimum absolute atomic E-state index is 0.0980. The van der Waals surface area contributed by atoms with Crippen LogP contribution in [0.25, 0.3) is 0 Å². The number of piperidine rings is 1. The van der Waals surface area contributed by atoms with Gasteiger partial charge in [0, 0.05) is 35.6 Å². The maximum absolute atomic E-state index is 12.8. The van der Waals surface area contributed by atoms with E-state index in [1.165, 1.54) is 6.07 Å². The fraction of sp³-hybridized carbons (Fsp3) is 0.389. The Morgan fingerprint density at radius 3 is 2.67 bits per heavy atom. The maximum Gasteiger partial charge on any atom is 0.335 e. The molecule has 1 atom stereocenters. The summed E-state index contributed by atoms with van der Waals surface area (Å²) in [5, 5.41) is 12.3. The zero-order valence-electron chi connectivity index (χ0n) is 13.8. The Hall–Kier alpha value is -2.21. The molecule has 126 valence electrons. The number of aryl methyl sites for hydroxylation is 2. The van der Waals surface area contributed by atoms with Gasteiger partial charge >= 0.3 is 5.97 Å². The Morgan fingerprint density at radius 2 is 2.00 bits per heavy atom. The maximum atomic E-state index is 12.8. The summed E-state index contributed by atoms with van der Waals surface area (Å²) >= 11 is 1.65. The standard InChI is InChI=1S/C18H20N2O3S/c1-11-6-14(8-15(7-11)18(22)23)17(21)20-5-3-4-13(9-20)16-19-12(2)10-24-16/h6-8,10,13H,3-5,9H2,1-2H3,(H,22,23). The van der Waals surface area contributed by atoms with Crippen LogP contribution in [0.2, 0.25) is 0 Å². The Kier molecular flexibility index (Phi) is 4.66. The van der Waals surface area contributed by atoms with Gasteiger partial charge in [0.25, 0.3) is 5.91 Å². The number of aromatic carboxylic acids is 1. The smallest absolute Gasteiger partial charge is 0.335 e. The van der Waals surface area contributed by atoms with Crippen molar-refractivity contribution in [2.75, 3.05) is 13.1 Å². The van der Waals surface area contributed by atoms with Gasteiger partial charge in [0.05, 0.1) is 10.6 Å². The molecule has 2 heterocycles. The molecule has 2 aromatic rings. The first-order valence-corrected chi connectivity index (χ1v) is 8.88. The van der Waals surface area contributed by atoms with Gasteiger partial charge in [-0.2, -0.15) is 0 Å². The Balaban J connectivity index is 1.81. The van der Waals surface area contributed by atoms with E-state index in [9.17, 15) is 14.7 Å². The summed E-state index contributed by atoms with van der Waals surface area (Å²) in [7, 11) is 0. The summed E-state index contributed by atoms with van der Waals surface area (Å²) in [4.78, 5) is 30.4. The largest absolute Gasteiger partial charge is 0.478 e. The van der Waals surface area contributed by atoms with E-state index in [0.29, 0.717) is 18.7 Å². The summed E-state index contributed by atoms with van der Waals surface area (Å²) in [6.45, 7) is 5.13. The number of aromatic nitrogens is 1. The molecule has 0 radical (unpaired) electrons. The molecule has 1 amide bonds. The predicted octanol–water partition coefficient (Wildman–Crippen LogP) is 3.48. The van der Waals surface area contributed by atoms with Crippen molar-refractivity contribution in [3.8, 4) is 0 Å². The average molecular weight is 344 g/mol. The lowest BCUT2D eigenvalue weighted by molar-refractivity contribution is 0.0696. The number of benzene rings is 1. The topological polar surface area (TPSA) is 70.5 Å². The molecule has 1 aliphatic heterocycles. The summed E-state index contributed by atoms with van der Waals surface area (Å²) in [5.74, 6) is -0.841. The lowest BCUT2D eigenvalue weighted by Crippen LogP contribution is -2.39. The highest BCUT2D eigenvalue weighted by Gasteiger charge is 2.27. The number of amides is 1. The quantitative estimate of drug-likeness (QED) is 0.925. The van der Waals surface area contributed by atoms with Gasteiger partial charge in [-0.05, 0) is 50.5 Å². The highest BCUT2D eigenvalue weighted by molar-refractivity contribution is 7.09. The minimum Gasteiger partial charge on any atom is -0.478 e. The number of thiazole rings is 1. The van der Waals surface area contributed by atoms with E-state index in [4.69, 9.17) is 0 Å². The molecule has 5 nitrogen and oxygen atoms in total. The number of carbonyl (C=O) groups excluding carboxylic acids is 1. The van der Waals surface area contributed by atoms with Crippen molar-refractivity contribution in [2.24, 2.45) is 0 Å². The third kappa shape index (κ3) is 3.48. The van der Waals surface area contributed by atoms with E-state index in [1.807, 2.05) is 17.2 Å². The second kappa shape index (κ2) is 6.73. The number of carbonyl (C=O) groups is 2. The van der Waals surface area contributed by atoms with Crippen LogP contribution in [0.5, 0.6) is 0 Å². The van der Waals surface area contributed by atoms with Gasteiger partial charge in [0.15, 0.2) is 0 Å². The second-order valence-corrected chi connectivity index (χ2v) is 7.20. The van der Waals surface area contributed by atoms with E-state index in [2.05, 4.69) is 4.98 Å². The van der Waals surface area contributed by atoms with Crippen LogP contribution in [-0.2, 0) is 0 Å². The fourth-order valence-electron chi connectivity index (χ4n) is 3.14. The van der Waals surface area contributed by atoms with Gasteiger partial charge in [-0.25, -0.2) is 9.78 Å². The molecule has 1 aliphatic rings. The summed E-state index contributed by atoms with van der Waals surface area (Å²) in [5.41, 5.74) is 2.40. The van der Waals surface area contributed by atoms with E-state index in [1.54, 1.807) is 30.4 Å². The van der Waals surface area contributed by atoms with Crippen LogP contribution in [0.4, 0.5) is 0 Å². The molecule has 1 saturated heterocycles. The number of likely N-dealkylation sites (tertiary alicyclic amines) is 1. The lowest BCUT2D eigenvalue weighted by atomic mass is 9.97. The van der Waals surface area contributed by atoms with Crippen LogP contribution in [-0.4, -0.2) is 40.0 Å². The predicted molar refractivity (Wildman–Crippen MR) is 92.9 cm³/mol. The van der Waals surface area contributed by atoms with Gasteiger partial charge in [-0.3, -0.25) is 4.79 Å². The Morgan fingerprint density at radius 1 is 1.25 bits per heavy atom. The first kappa shape index (κ1) is 16.6. The molecular weight excluding hydrogens is 324 g/mol. The average Bonchev–Trinajstić information content (AvgIpc) is 3.00. The second-order valence-electron chi connectivity index (χ2n) is 6.31. The SMILES string of the molecule is Cc1cc(C(=O)O)cc(C(=O)N2CCCC(c3nc(C)cs3)C2)c1. The van der Waals surface area contributed by atoms with Crippen molar-refractivity contribution < 1.29 is 14.7 Å². The van der Waals surface area contributed by atoms with Crippen LogP contribution >= 0.6 is 11.3 Å². The van der Waals surface area contributed by atoms with E-state index in [0.717, 1.165) is 29.1 Å². The minimum atomic E-state index is -1.01. The number of hydrogen-bond acceptors (Lipinski definition) is 4. The summed E-state index contributed by atoms with van der Waals surface area (Å²) in [6, 6.07) is 4.80. The molecule has 24 heavy (non-hydrogen) atoms. The molecule has 0 bridgehead atoms. The van der Waals surface area contributed by atoms with Gasteiger partial charge in [-0.15, -0.1) is 11.3 Å². The molecule has 3 rings (SSSR count). The number of nitrogens with zero attached hydrogens (tertiary/aromatic N) is 2. The Labute approximate surface area is 145 Å². The highest BCUT2D eigenvalue weighted by Crippen LogP contribution is 2.30. The first-order chi connectivity index (χ1) is 11.4. The van der Waals surface area contributed by atoms with E-state index < -0.39 is 5.97 Å². The molecule has 0 aliphatic carbocycles. The third-order valence-corrected chi connectivity index (χ3v) is 5.39. The van der Waals surface area contributed by atoms with Gasteiger partial charge < -0.3 is 10.0 Å². The monoisotopic (exact) mass is 344 g/mol. The number of carboxylic acid groups (broad SMARTS) is 1. The first-order valence-electron chi connectivity index (χ1n) is 8.00.